The number of hydrogen-bond acceptors (Lipinski definition) is 2. The first-order valence-electron chi connectivity index (χ1n) is 7.29. The van der Waals surface area contributed by atoms with Gasteiger partial charge in [0.1, 0.15) is 6.29 Å². The predicted octanol–water partition coefficient (Wildman–Crippen LogP) is 4.57. The molecule has 0 aromatic heterocycles. The van der Waals surface area contributed by atoms with Crippen LogP contribution in [0.1, 0.15) is 48.0 Å². The third kappa shape index (κ3) is 4.69. The number of carbonyl (C=O) groups excluding carboxylic acids is 1. The molecular formula is C15H30O2Si. The van der Waals surface area contributed by atoms with E-state index in [4.69, 9.17) is 4.43 Å². The third-order valence-corrected chi connectivity index (χ3v) is 8.60. The van der Waals surface area contributed by atoms with Crippen molar-refractivity contribution in [3.05, 3.63) is 11.6 Å². The lowest BCUT2D eigenvalue weighted by Gasteiger charge is -2.35. The van der Waals surface area contributed by atoms with Crippen LogP contribution in [-0.2, 0) is 9.22 Å². The number of hydrogen-bond donors (Lipinski definition) is 0. The van der Waals surface area contributed by atoms with Gasteiger partial charge < -0.3 is 9.22 Å². The highest BCUT2D eigenvalue weighted by Crippen LogP contribution is 2.28. The van der Waals surface area contributed by atoms with E-state index in [0.717, 1.165) is 30.8 Å². The molecule has 2 nitrogen and oxygen atoms in total. The summed E-state index contributed by atoms with van der Waals surface area (Å²) in [6, 6.07) is 3.38. The fraction of sp³-hybridized carbons (Fsp3) is 0.800. The standard InChI is InChI=1S/C15H30O2Si/c1-7-11-13(5)15(14(6)12-16)17-18(8-2,9-3)10-4/h11-12,14-15H,7-10H2,1-6H3/b13-11+. The molecule has 0 aliphatic rings. The summed E-state index contributed by atoms with van der Waals surface area (Å²) in [7, 11) is -1.65. The molecule has 0 bridgehead atoms. The Hall–Kier alpha value is -0.413. The van der Waals surface area contributed by atoms with E-state index in [2.05, 4.69) is 40.7 Å². The molecule has 0 fully saturated rings. The predicted molar refractivity (Wildman–Crippen MR) is 81.3 cm³/mol. The van der Waals surface area contributed by atoms with Crippen molar-refractivity contribution in [3.8, 4) is 0 Å². The van der Waals surface area contributed by atoms with Gasteiger partial charge in [-0.2, -0.15) is 0 Å². The van der Waals surface area contributed by atoms with Gasteiger partial charge in [-0.25, -0.2) is 0 Å². The normalized spacial score (nSPS) is 16.4. The van der Waals surface area contributed by atoms with E-state index in [1.54, 1.807) is 0 Å². The minimum absolute atomic E-state index is 0.0195. The summed E-state index contributed by atoms with van der Waals surface area (Å²) in [5, 5.41) is 0. The molecule has 0 aliphatic carbocycles. The van der Waals surface area contributed by atoms with Crippen molar-refractivity contribution in [2.24, 2.45) is 5.92 Å². The van der Waals surface area contributed by atoms with Gasteiger partial charge in [0.25, 0.3) is 0 Å². The molecule has 0 spiro atoms. The van der Waals surface area contributed by atoms with Crippen LogP contribution in [-0.4, -0.2) is 20.7 Å². The molecule has 0 amide bonds. The largest absolute Gasteiger partial charge is 0.410 e. The van der Waals surface area contributed by atoms with E-state index < -0.39 is 8.32 Å². The van der Waals surface area contributed by atoms with Crippen molar-refractivity contribution in [1.29, 1.82) is 0 Å². The molecule has 0 aromatic rings. The van der Waals surface area contributed by atoms with Gasteiger partial charge in [0.05, 0.1) is 6.10 Å². The van der Waals surface area contributed by atoms with Gasteiger partial charge in [0.15, 0.2) is 8.32 Å². The molecule has 0 aliphatic heterocycles. The zero-order valence-electron chi connectivity index (χ0n) is 13.0. The highest BCUT2D eigenvalue weighted by Gasteiger charge is 2.34. The summed E-state index contributed by atoms with van der Waals surface area (Å²) in [6.07, 6.45) is 4.19. The van der Waals surface area contributed by atoms with E-state index in [1.807, 2.05) is 6.92 Å². The molecular weight excluding hydrogens is 240 g/mol. The van der Waals surface area contributed by atoms with Crippen molar-refractivity contribution >= 4 is 14.6 Å². The average Bonchev–Trinajstić information content (AvgIpc) is 2.40. The second kappa shape index (κ2) is 8.65. The van der Waals surface area contributed by atoms with Crippen LogP contribution < -0.4 is 0 Å². The van der Waals surface area contributed by atoms with E-state index >= 15 is 0 Å². The smallest absolute Gasteiger partial charge is 0.192 e. The summed E-state index contributed by atoms with van der Waals surface area (Å²) in [5.74, 6) is -0.0516. The molecule has 0 N–H and O–H groups in total. The molecule has 2 unspecified atom stereocenters. The molecule has 0 radical (unpaired) electrons. The number of allylic oxidation sites excluding steroid dienone is 1. The Morgan fingerprint density at radius 2 is 1.67 bits per heavy atom. The highest BCUT2D eigenvalue weighted by molar-refractivity contribution is 6.73. The van der Waals surface area contributed by atoms with E-state index in [-0.39, 0.29) is 12.0 Å². The van der Waals surface area contributed by atoms with Gasteiger partial charge in [-0.15, -0.1) is 0 Å². The van der Waals surface area contributed by atoms with Gasteiger partial charge in [-0.1, -0.05) is 40.7 Å². The summed E-state index contributed by atoms with van der Waals surface area (Å²) in [5.41, 5.74) is 1.21. The van der Waals surface area contributed by atoms with E-state index in [0.29, 0.717) is 0 Å². The lowest BCUT2D eigenvalue weighted by Crippen LogP contribution is -2.42. The molecule has 0 saturated heterocycles. The van der Waals surface area contributed by atoms with E-state index in [9.17, 15) is 4.79 Å². The van der Waals surface area contributed by atoms with Crippen molar-refractivity contribution in [1.82, 2.24) is 0 Å². The van der Waals surface area contributed by atoms with Crippen LogP contribution in [0.5, 0.6) is 0 Å². The van der Waals surface area contributed by atoms with Gasteiger partial charge >= 0.3 is 0 Å². The maximum Gasteiger partial charge on any atom is 0.192 e. The van der Waals surface area contributed by atoms with Crippen molar-refractivity contribution < 1.29 is 9.22 Å². The Bertz CT molecular complexity index is 261. The van der Waals surface area contributed by atoms with Gasteiger partial charge in [0, 0.05) is 5.92 Å². The molecule has 2 atom stereocenters. The molecule has 18 heavy (non-hydrogen) atoms. The van der Waals surface area contributed by atoms with Crippen molar-refractivity contribution in [2.75, 3.05) is 0 Å². The van der Waals surface area contributed by atoms with Gasteiger partial charge in [0.2, 0.25) is 0 Å². The minimum atomic E-state index is -1.65. The van der Waals surface area contributed by atoms with Crippen LogP contribution >= 0.6 is 0 Å². The fourth-order valence-corrected chi connectivity index (χ4v) is 5.33. The van der Waals surface area contributed by atoms with Crippen LogP contribution in [0, 0.1) is 5.92 Å². The van der Waals surface area contributed by atoms with E-state index in [1.165, 1.54) is 5.57 Å². The second-order valence-corrected chi connectivity index (χ2v) is 9.86. The first-order valence-corrected chi connectivity index (χ1v) is 9.82. The Kier molecular flexibility index (Phi) is 8.45. The Labute approximate surface area is 114 Å². The maximum absolute atomic E-state index is 11.1. The molecule has 0 rings (SSSR count). The van der Waals surface area contributed by atoms with Gasteiger partial charge in [-0.3, -0.25) is 0 Å². The Balaban J connectivity index is 5.10. The highest BCUT2D eigenvalue weighted by atomic mass is 28.4. The molecule has 0 saturated carbocycles. The second-order valence-electron chi connectivity index (χ2n) is 5.13. The fourth-order valence-electron chi connectivity index (χ4n) is 2.39. The van der Waals surface area contributed by atoms with Crippen LogP contribution in [0.25, 0.3) is 0 Å². The first kappa shape index (κ1) is 17.6. The summed E-state index contributed by atoms with van der Waals surface area (Å²) in [4.78, 5) is 11.1. The maximum atomic E-state index is 11.1. The van der Waals surface area contributed by atoms with Crippen molar-refractivity contribution in [3.63, 3.8) is 0 Å². The molecule has 106 valence electrons. The molecule has 0 aromatic carbocycles. The first-order chi connectivity index (χ1) is 8.50. The zero-order valence-corrected chi connectivity index (χ0v) is 14.0. The SMILES string of the molecule is CC/C=C(\C)C(O[Si](CC)(CC)CC)C(C)C=O. The molecule has 0 heterocycles. The number of aldehydes is 1. The quantitative estimate of drug-likeness (QED) is 0.348. The Morgan fingerprint density at radius 3 is 2.00 bits per heavy atom. The Morgan fingerprint density at radius 1 is 1.17 bits per heavy atom. The topological polar surface area (TPSA) is 26.3 Å². The van der Waals surface area contributed by atoms with Gasteiger partial charge in [-0.05, 0) is 37.0 Å². The summed E-state index contributed by atoms with van der Waals surface area (Å²) in [6.45, 7) is 12.8. The molecule has 3 heteroatoms. The van der Waals surface area contributed by atoms with Crippen LogP contribution in [0.2, 0.25) is 18.1 Å². The van der Waals surface area contributed by atoms with Crippen molar-refractivity contribution in [2.45, 2.75) is 72.2 Å². The monoisotopic (exact) mass is 270 g/mol. The number of rotatable bonds is 9. The zero-order chi connectivity index (χ0) is 14.2. The average molecular weight is 270 g/mol. The lowest BCUT2D eigenvalue weighted by molar-refractivity contribution is -0.112. The van der Waals surface area contributed by atoms with Crippen LogP contribution in [0.3, 0.4) is 0 Å². The summed E-state index contributed by atoms with van der Waals surface area (Å²) >= 11 is 0. The lowest BCUT2D eigenvalue weighted by atomic mass is 9.99. The van der Waals surface area contributed by atoms with Crippen LogP contribution in [0.4, 0.5) is 0 Å². The minimum Gasteiger partial charge on any atom is -0.410 e. The number of carbonyl (C=O) groups is 1. The summed E-state index contributed by atoms with van der Waals surface area (Å²) < 4.78 is 6.49. The van der Waals surface area contributed by atoms with Crippen LogP contribution in [0.15, 0.2) is 11.6 Å². The third-order valence-electron chi connectivity index (χ3n) is 3.98.